The van der Waals surface area contributed by atoms with Crippen LogP contribution in [0.1, 0.15) is 19.7 Å². The van der Waals surface area contributed by atoms with Gasteiger partial charge in [-0.25, -0.2) is 0 Å². The summed E-state index contributed by atoms with van der Waals surface area (Å²) >= 11 is 0. The third-order valence-corrected chi connectivity index (χ3v) is 1.46. The van der Waals surface area contributed by atoms with Crippen LogP contribution < -0.4 is 0 Å². The third kappa shape index (κ3) is 2.18. The molecular weight excluding hydrogens is 180 g/mol. The van der Waals surface area contributed by atoms with Crippen LogP contribution in [0.5, 0.6) is 0 Å². The van der Waals surface area contributed by atoms with Crippen molar-refractivity contribution >= 4 is 0 Å². The van der Waals surface area contributed by atoms with Crippen molar-refractivity contribution in [1.82, 2.24) is 19.9 Å². The highest BCUT2D eigenvalue weighted by molar-refractivity contribution is 5.44. The number of nitrogens with zero attached hydrogens (tertiary/aromatic N) is 4. The van der Waals surface area contributed by atoms with E-state index in [1.165, 1.54) is 0 Å². The maximum atomic E-state index is 4.93. The van der Waals surface area contributed by atoms with Crippen molar-refractivity contribution in [3.63, 3.8) is 0 Å². The molecule has 0 saturated carbocycles. The second-order valence-corrected chi connectivity index (χ2v) is 2.52. The Morgan fingerprint density at radius 2 is 2.07 bits per heavy atom. The molecule has 0 aliphatic rings. The molecule has 2 heterocycles. The van der Waals surface area contributed by atoms with Gasteiger partial charge in [-0.05, 0) is 13.0 Å². The average Bonchev–Trinajstić information content (AvgIpc) is 2.78. The van der Waals surface area contributed by atoms with Gasteiger partial charge < -0.3 is 4.52 Å². The third-order valence-electron chi connectivity index (χ3n) is 1.46. The molecule has 0 N–H and O–H groups in total. The van der Waals surface area contributed by atoms with E-state index in [-0.39, 0.29) is 0 Å². The SMILES string of the molecule is CC.Cc1noc(-c2ccn(C)n2)n1. The molecule has 0 atom stereocenters. The van der Waals surface area contributed by atoms with Gasteiger partial charge in [0.15, 0.2) is 11.5 Å². The van der Waals surface area contributed by atoms with Gasteiger partial charge in [0.05, 0.1) is 0 Å². The summed E-state index contributed by atoms with van der Waals surface area (Å²) in [5.74, 6) is 1.09. The Bertz CT molecular complexity index is 353. The minimum Gasteiger partial charge on any atom is -0.332 e. The van der Waals surface area contributed by atoms with Gasteiger partial charge in [-0.15, -0.1) is 0 Å². The van der Waals surface area contributed by atoms with Gasteiger partial charge in [-0.2, -0.15) is 10.1 Å². The zero-order valence-electron chi connectivity index (χ0n) is 8.85. The lowest BCUT2D eigenvalue weighted by Crippen LogP contribution is -1.87. The molecule has 14 heavy (non-hydrogen) atoms. The lowest BCUT2D eigenvalue weighted by molar-refractivity contribution is 0.424. The standard InChI is InChI=1S/C7H8N4O.C2H6/c1-5-8-7(12-10-5)6-3-4-11(2)9-6;1-2/h3-4H,1-2H3;1-2H3. The largest absolute Gasteiger partial charge is 0.332 e. The van der Waals surface area contributed by atoms with Crippen molar-refractivity contribution in [3.8, 4) is 11.6 Å². The first-order valence-corrected chi connectivity index (χ1v) is 4.56. The maximum Gasteiger partial charge on any atom is 0.278 e. The number of aromatic nitrogens is 4. The van der Waals surface area contributed by atoms with Crippen molar-refractivity contribution in [2.45, 2.75) is 20.8 Å². The lowest BCUT2D eigenvalue weighted by Gasteiger charge is -1.84. The highest BCUT2D eigenvalue weighted by Gasteiger charge is 2.07. The topological polar surface area (TPSA) is 56.7 Å². The van der Waals surface area contributed by atoms with Crippen molar-refractivity contribution in [2.75, 3.05) is 0 Å². The maximum absolute atomic E-state index is 4.93. The fourth-order valence-electron chi connectivity index (χ4n) is 0.930. The molecule has 2 aromatic rings. The Morgan fingerprint density at radius 3 is 2.50 bits per heavy atom. The molecule has 0 bridgehead atoms. The highest BCUT2D eigenvalue weighted by atomic mass is 16.5. The summed E-state index contributed by atoms with van der Waals surface area (Å²) < 4.78 is 6.62. The van der Waals surface area contributed by atoms with E-state index in [9.17, 15) is 0 Å². The first-order chi connectivity index (χ1) is 6.75. The molecule has 0 aliphatic carbocycles. The average molecular weight is 194 g/mol. The van der Waals surface area contributed by atoms with Crippen molar-refractivity contribution < 1.29 is 4.52 Å². The second-order valence-electron chi connectivity index (χ2n) is 2.52. The summed E-state index contributed by atoms with van der Waals surface area (Å²) in [7, 11) is 1.84. The normalized spacial score (nSPS) is 9.43. The van der Waals surface area contributed by atoms with E-state index < -0.39 is 0 Å². The van der Waals surface area contributed by atoms with Crippen LogP contribution in [0.15, 0.2) is 16.8 Å². The van der Waals surface area contributed by atoms with Crippen LogP contribution in [-0.2, 0) is 7.05 Å². The Balaban J connectivity index is 0.000000461. The predicted molar refractivity (Wildman–Crippen MR) is 52.6 cm³/mol. The first-order valence-electron chi connectivity index (χ1n) is 4.56. The minimum absolute atomic E-state index is 0.466. The zero-order chi connectivity index (χ0) is 10.6. The van der Waals surface area contributed by atoms with Crippen LogP contribution in [0.2, 0.25) is 0 Å². The molecular formula is C9H14N4O. The Hall–Kier alpha value is -1.65. The van der Waals surface area contributed by atoms with E-state index >= 15 is 0 Å². The Morgan fingerprint density at radius 1 is 1.36 bits per heavy atom. The van der Waals surface area contributed by atoms with Gasteiger partial charge in [-0.1, -0.05) is 19.0 Å². The fourth-order valence-corrected chi connectivity index (χ4v) is 0.930. The summed E-state index contributed by atoms with van der Waals surface area (Å²) in [6.45, 7) is 5.77. The van der Waals surface area contributed by atoms with Gasteiger partial charge in [0, 0.05) is 13.2 Å². The number of hydrogen-bond acceptors (Lipinski definition) is 4. The molecule has 0 aromatic carbocycles. The van der Waals surface area contributed by atoms with Gasteiger partial charge in [0.2, 0.25) is 0 Å². The number of rotatable bonds is 1. The molecule has 0 aliphatic heterocycles. The van der Waals surface area contributed by atoms with Gasteiger partial charge in [-0.3, -0.25) is 4.68 Å². The summed E-state index contributed by atoms with van der Waals surface area (Å²) in [5.41, 5.74) is 0.707. The molecule has 0 radical (unpaired) electrons. The molecule has 0 spiro atoms. The predicted octanol–water partition coefficient (Wildman–Crippen LogP) is 1.80. The van der Waals surface area contributed by atoms with E-state index in [1.54, 1.807) is 11.6 Å². The molecule has 0 unspecified atom stereocenters. The van der Waals surface area contributed by atoms with Crippen molar-refractivity contribution in [3.05, 3.63) is 18.1 Å². The highest BCUT2D eigenvalue weighted by Crippen LogP contribution is 2.12. The van der Waals surface area contributed by atoms with E-state index in [2.05, 4.69) is 15.2 Å². The molecule has 5 heteroatoms. The molecule has 0 saturated heterocycles. The summed E-state index contributed by atoms with van der Waals surface area (Å²) in [6, 6.07) is 1.83. The van der Waals surface area contributed by atoms with Crippen LogP contribution in [-0.4, -0.2) is 19.9 Å². The number of hydrogen-bond donors (Lipinski definition) is 0. The van der Waals surface area contributed by atoms with Crippen LogP contribution in [0.25, 0.3) is 11.6 Å². The minimum atomic E-state index is 0.466. The van der Waals surface area contributed by atoms with Gasteiger partial charge in [0.1, 0.15) is 0 Å². The molecule has 0 fully saturated rings. The van der Waals surface area contributed by atoms with E-state index in [4.69, 9.17) is 4.52 Å². The fraction of sp³-hybridized carbons (Fsp3) is 0.444. The number of aryl methyl sites for hydroxylation is 2. The van der Waals surface area contributed by atoms with Crippen LogP contribution in [0.4, 0.5) is 0 Å². The van der Waals surface area contributed by atoms with Gasteiger partial charge >= 0.3 is 0 Å². The van der Waals surface area contributed by atoms with Crippen molar-refractivity contribution in [2.24, 2.45) is 7.05 Å². The Labute approximate surface area is 82.7 Å². The Kier molecular flexibility index (Phi) is 3.39. The molecule has 0 amide bonds. The van der Waals surface area contributed by atoms with E-state index in [1.807, 2.05) is 33.2 Å². The molecule has 76 valence electrons. The van der Waals surface area contributed by atoms with Gasteiger partial charge in [0.25, 0.3) is 5.89 Å². The van der Waals surface area contributed by atoms with Crippen LogP contribution in [0, 0.1) is 6.92 Å². The van der Waals surface area contributed by atoms with E-state index in [0.717, 1.165) is 0 Å². The zero-order valence-corrected chi connectivity index (χ0v) is 8.85. The smallest absolute Gasteiger partial charge is 0.278 e. The second kappa shape index (κ2) is 4.55. The lowest BCUT2D eigenvalue weighted by atomic mass is 10.4. The molecule has 2 rings (SSSR count). The monoisotopic (exact) mass is 194 g/mol. The molecule has 5 nitrogen and oxygen atoms in total. The quantitative estimate of drug-likeness (QED) is 0.694. The molecule has 2 aromatic heterocycles. The summed E-state index contributed by atoms with van der Waals surface area (Å²) in [6.07, 6.45) is 1.83. The van der Waals surface area contributed by atoms with E-state index in [0.29, 0.717) is 17.4 Å². The van der Waals surface area contributed by atoms with Crippen molar-refractivity contribution in [1.29, 1.82) is 0 Å². The summed E-state index contributed by atoms with van der Waals surface area (Å²) in [5, 5.41) is 7.78. The summed E-state index contributed by atoms with van der Waals surface area (Å²) in [4.78, 5) is 4.04. The van der Waals surface area contributed by atoms with Crippen LogP contribution >= 0.6 is 0 Å². The van der Waals surface area contributed by atoms with Crippen LogP contribution in [0.3, 0.4) is 0 Å². The first kappa shape index (κ1) is 10.4.